The summed E-state index contributed by atoms with van der Waals surface area (Å²) in [6.45, 7) is 6.81. The smallest absolute Gasteiger partial charge is 0.119 e. The molecule has 1 N–H and O–H groups in total. The molecule has 1 nitrogen and oxygen atoms in total. The van der Waals surface area contributed by atoms with Crippen LogP contribution in [0.1, 0.15) is 121 Å². The van der Waals surface area contributed by atoms with Crippen molar-refractivity contribution >= 4 is 0 Å². The predicted molar refractivity (Wildman–Crippen MR) is 116 cm³/mol. The topological polar surface area (TPSA) is 20.2 Å². The molecule has 0 amide bonds. The summed E-state index contributed by atoms with van der Waals surface area (Å²) in [7, 11) is 0. The van der Waals surface area contributed by atoms with Gasteiger partial charge >= 0.3 is 0 Å². The molecule has 0 unspecified atom stereocenters. The molecule has 0 aliphatic rings. The maximum absolute atomic E-state index is 10.5. The van der Waals surface area contributed by atoms with Crippen LogP contribution in [-0.4, -0.2) is 5.11 Å². The first-order valence-electron chi connectivity index (χ1n) is 11.6. The van der Waals surface area contributed by atoms with Gasteiger partial charge in [-0.15, -0.1) is 0 Å². The Kier molecular flexibility index (Phi) is 13.4. The molecule has 0 bridgehead atoms. The SMILES string of the molecule is CCCCCCCCc1c(O)ccc(CCCCC)c1CCCCCC. The Labute approximate surface area is 163 Å². The minimum Gasteiger partial charge on any atom is -0.508 e. The van der Waals surface area contributed by atoms with Gasteiger partial charge in [-0.1, -0.05) is 91.0 Å². The van der Waals surface area contributed by atoms with E-state index in [0.29, 0.717) is 5.75 Å². The second-order valence-corrected chi connectivity index (χ2v) is 7.99. The Morgan fingerprint density at radius 2 is 1.00 bits per heavy atom. The molecule has 150 valence electrons. The molecule has 0 fully saturated rings. The monoisotopic (exact) mass is 360 g/mol. The minimum absolute atomic E-state index is 0.545. The van der Waals surface area contributed by atoms with Gasteiger partial charge in [-0.25, -0.2) is 0 Å². The van der Waals surface area contributed by atoms with Gasteiger partial charge in [0, 0.05) is 0 Å². The zero-order valence-corrected chi connectivity index (χ0v) is 17.9. The highest BCUT2D eigenvalue weighted by Gasteiger charge is 2.13. The third kappa shape index (κ3) is 9.10. The summed E-state index contributed by atoms with van der Waals surface area (Å²) in [5.74, 6) is 0.545. The quantitative estimate of drug-likeness (QED) is 0.295. The van der Waals surface area contributed by atoms with Gasteiger partial charge < -0.3 is 5.11 Å². The zero-order chi connectivity index (χ0) is 19.0. The zero-order valence-electron chi connectivity index (χ0n) is 17.9. The standard InChI is InChI=1S/C25H44O/c1-4-7-10-12-13-16-19-24-23(18-15-11-8-5-2)22(17-14-9-6-3)20-21-25(24)26/h20-21,26H,4-19H2,1-3H3. The molecule has 0 spiro atoms. The van der Waals surface area contributed by atoms with E-state index in [1.54, 1.807) is 0 Å². The van der Waals surface area contributed by atoms with Crippen LogP contribution < -0.4 is 0 Å². The number of unbranched alkanes of at least 4 members (excludes halogenated alkanes) is 10. The third-order valence-corrected chi connectivity index (χ3v) is 5.61. The summed E-state index contributed by atoms with van der Waals surface area (Å²) in [5.41, 5.74) is 4.27. The van der Waals surface area contributed by atoms with Crippen molar-refractivity contribution in [3.05, 3.63) is 28.8 Å². The second kappa shape index (κ2) is 15.1. The predicted octanol–water partition coefficient (Wildman–Crippen LogP) is 8.15. The summed E-state index contributed by atoms with van der Waals surface area (Å²) in [5, 5.41) is 10.5. The van der Waals surface area contributed by atoms with Crippen molar-refractivity contribution in [2.45, 2.75) is 124 Å². The average Bonchev–Trinajstić information content (AvgIpc) is 2.65. The van der Waals surface area contributed by atoms with Crippen molar-refractivity contribution in [2.24, 2.45) is 0 Å². The van der Waals surface area contributed by atoms with Gasteiger partial charge in [0.1, 0.15) is 5.75 Å². The third-order valence-electron chi connectivity index (χ3n) is 5.61. The van der Waals surface area contributed by atoms with Crippen molar-refractivity contribution in [1.29, 1.82) is 0 Å². The number of rotatable bonds is 16. The molecule has 0 aromatic heterocycles. The van der Waals surface area contributed by atoms with Crippen molar-refractivity contribution < 1.29 is 5.11 Å². The first-order chi connectivity index (χ1) is 12.7. The Morgan fingerprint density at radius 3 is 1.65 bits per heavy atom. The molecule has 1 aromatic rings. The molecule has 1 heteroatoms. The summed E-state index contributed by atoms with van der Waals surface area (Å²) in [4.78, 5) is 0. The summed E-state index contributed by atoms with van der Waals surface area (Å²) in [6.07, 6.45) is 20.3. The van der Waals surface area contributed by atoms with Crippen LogP contribution in [0.5, 0.6) is 5.75 Å². The van der Waals surface area contributed by atoms with Crippen LogP contribution in [0.3, 0.4) is 0 Å². The molecular weight excluding hydrogens is 316 g/mol. The molecule has 0 radical (unpaired) electrons. The number of aromatic hydroxyl groups is 1. The van der Waals surface area contributed by atoms with Crippen LogP contribution in [-0.2, 0) is 19.3 Å². The van der Waals surface area contributed by atoms with Gasteiger partial charge in [0.05, 0.1) is 0 Å². The molecule has 0 aliphatic carbocycles. The summed E-state index contributed by atoms with van der Waals surface area (Å²) < 4.78 is 0. The minimum atomic E-state index is 0.545. The molecule has 0 saturated heterocycles. The first kappa shape index (κ1) is 23.1. The number of hydrogen-bond acceptors (Lipinski definition) is 1. The highest BCUT2D eigenvalue weighted by atomic mass is 16.3. The molecule has 0 saturated carbocycles. The van der Waals surface area contributed by atoms with Crippen LogP contribution in [0.2, 0.25) is 0 Å². The molecule has 0 aliphatic heterocycles. The Morgan fingerprint density at radius 1 is 0.538 bits per heavy atom. The molecule has 1 rings (SSSR count). The van der Waals surface area contributed by atoms with Crippen LogP contribution in [0.4, 0.5) is 0 Å². The summed E-state index contributed by atoms with van der Waals surface area (Å²) in [6, 6.07) is 4.16. The van der Waals surface area contributed by atoms with Crippen molar-refractivity contribution in [3.8, 4) is 5.75 Å². The Balaban J connectivity index is 2.73. The van der Waals surface area contributed by atoms with Crippen LogP contribution in [0.25, 0.3) is 0 Å². The Hall–Kier alpha value is -0.980. The number of aryl methyl sites for hydroxylation is 1. The van der Waals surface area contributed by atoms with Crippen LogP contribution in [0.15, 0.2) is 12.1 Å². The first-order valence-corrected chi connectivity index (χ1v) is 11.6. The fraction of sp³-hybridized carbons (Fsp3) is 0.760. The highest BCUT2D eigenvalue weighted by molar-refractivity contribution is 5.45. The number of phenolic OH excluding ortho intramolecular Hbond substituents is 1. The maximum Gasteiger partial charge on any atom is 0.119 e. The van der Waals surface area contributed by atoms with Crippen molar-refractivity contribution in [3.63, 3.8) is 0 Å². The van der Waals surface area contributed by atoms with Crippen LogP contribution >= 0.6 is 0 Å². The lowest BCUT2D eigenvalue weighted by atomic mass is 9.89. The van der Waals surface area contributed by atoms with Gasteiger partial charge in [-0.2, -0.15) is 0 Å². The molecule has 0 heterocycles. The number of benzene rings is 1. The normalized spacial score (nSPS) is 11.2. The van der Waals surface area contributed by atoms with Crippen LogP contribution in [0, 0.1) is 0 Å². The number of phenols is 1. The van der Waals surface area contributed by atoms with Crippen molar-refractivity contribution in [1.82, 2.24) is 0 Å². The molecule has 26 heavy (non-hydrogen) atoms. The van der Waals surface area contributed by atoms with Gasteiger partial charge in [-0.05, 0) is 61.3 Å². The molecule has 1 aromatic carbocycles. The lowest BCUT2D eigenvalue weighted by molar-refractivity contribution is 0.463. The Bertz CT molecular complexity index is 463. The molecular formula is C25H44O. The van der Waals surface area contributed by atoms with E-state index < -0.39 is 0 Å². The second-order valence-electron chi connectivity index (χ2n) is 7.99. The fourth-order valence-electron chi connectivity index (χ4n) is 3.93. The fourth-order valence-corrected chi connectivity index (χ4v) is 3.93. The van der Waals surface area contributed by atoms with E-state index in [0.717, 1.165) is 12.8 Å². The van der Waals surface area contributed by atoms with Gasteiger partial charge in [-0.3, -0.25) is 0 Å². The highest BCUT2D eigenvalue weighted by Crippen LogP contribution is 2.29. The molecule has 0 atom stereocenters. The van der Waals surface area contributed by atoms with E-state index in [1.807, 2.05) is 6.07 Å². The lowest BCUT2D eigenvalue weighted by Gasteiger charge is -2.17. The van der Waals surface area contributed by atoms with Gasteiger partial charge in [0.15, 0.2) is 0 Å². The number of hydrogen-bond donors (Lipinski definition) is 1. The van der Waals surface area contributed by atoms with Gasteiger partial charge in [0.2, 0.25) is 0 Å². The van der Waals surface area contributed by atoms with E-state index in [9.17, 15) is 5.11 Å². The summed E-state index contributed by atoms with van der Waals surface area (Å²) >= 11 is 0. The largest absolute Gasteiger partial charge is 0.508 e. The van der Waals surface area contributed by atoms with E-state index in [2.05, 4.69) is 26.8 Å². The average molecular weight is 361 g/mol. The lowest BCUT2D eigenvalue weighted by Crippen LogP contribution is -2.02. The maximum atomic E-state index is 10.5. The van der Waals surface area contributed by atoms with E-state index in [4.69, 9.17) is 0 Å². The van der Waals surface area contributed by atoms with E-state index >= 15 is 0 Å². The van der Waals surface area contributed by atoms with Crippen molar-refractivity contribution in [2.75, 3.05) is 0 Å². The van der Waals surface area contributed by atoms with Gasteiger partial charge in [0.25, 0.3) is 0 Å². The van der Waals surface area contributed by atoms with E-state index in [-0.39, 0.29) is 0 Å². The van der Waals surface area contributed by atoms with E-state index in [1.165, 1.54) is 107 Å².